The maximum Gasteiger partial charge on any atom is 0.276 e. The Bertz CT molecular complexity index is 1410. The number of amides is 2. The van der Waals surface area contributed by atoms with E-state index in [1.807, 2.05) is 18.2 Å². The van der Waals surface area contributed by atoms with Crippen molar-refractivity contribution in [3.8, 4) is 11.3 Å². The molecule has 0 aliphatic rings. The molecule has 4 aromatic heterocycles. The molecule has 4 N–H and O–H groups in total. The summed E-state index contributed by atoms with van der Waals surface area (Å²) in [7, 11) is 0. The molecule has 0 fully saturated rings. The number of carbonyl (C=O) groups is 2. The molecule has 5 rings (SSSR count). The van der Waals surface area contributed by atoms with Gasteiger partial charge in [0.2, 0.25) is 11.9 Å². The Morgan fingerprint density at radius 2 is 1.62 bits per heavy atom. The van der Waals surface area contributed by atoms with Crippen LogP contribution in [0.1, 0.15) is 20.8 Å². The lowest BCUT2D eigenvalue weighted by molar-refractivity contribution is 0.101. The first-order valence-electron chi connectivity index (χ1n) is 9.65. The van der Waals surface area contributed by atoms with E-state index >= 15 is 0 Å². The lowest BCUT2D eigenvalue weighted by Gasteiger charge is -2.04. The van der Waals surface area contributed by atoms with Crippen LogP contribution in [-0.4, -0.2) is 41.7 Å². The van der Waals surface area contributed by atoms with E-state index in [2.05, 4.69) is 40.5 Å². The summed E-state index contributed by atoms with van der Waals surface area (Å²) in [5.74, 6) is -0.265. The molecule has 0 bridgehead atoms. The van der Waals surface area contributed by atoms with Crippen LogP contribution in [0.2, 0.25) is 0 Å². The first-order chi connectivity index (χ1) is 15.7. The molecule has 156 valence electrons. The van der Waals surface area contributed by atoms with E-state index in [1.54, 1.807) is 48.9 Å². The highest BCUT2D eigenvalue weighted by molar-refractivity contribution is 6.11. The fraction of sp³-hybridized carbons (Fsp3) is 0. The molecular formula is C22H16N8O2. The molecule has 5 aromatic rings. The normalized spacial score (nSPS) is 10.8. The Morgan fingerprint density at radius 1 is 0.812 bits per heavy atom. The number of aromatic nitrogens is 6. The van der Waals surface area contributed by atoms with Crippen LogP contribution in [0.5, 0.6) is 0 Å². The van der Waals surface area contributed by atoms with Crippen molar-refractivity contribution in [1.29, 1.82) is 0 Å². The largest absolute Gasteiger partial charge is 0.331 e. The van der Waals surface area contributed by atoms with Crippen molar-refractivity contribution in [3.63, 3.8) is 0 Å². The van der Waals surface area contributed by atoms with Gasteiger partial charge in [-0.25, -0.2) is 15.0 Å². The quantitative estimate of drug-likeness (QED) is 0.341. The molecule has 0 aliphatic heterocycles. The molecule has 0 radical (unpaired) electrons. The maximum atomic E-state index is 12.8. The number of para-hydroxylation sites is 1. The third-order valence-corrected chi connectivity index (χ3v) is 4.68. The van der Waals surface area contributed by atoms with Crippen molar-refractivity contribution in [1.82, 2.24) is 29.9 Å². The van der Waals surface area contributed by atoms with Crippen molar-refractivity contribution >= 4 is 34.7 Å². The number of aromatic amines is 2. The second kappa shape index (κ2) is 8.11. The summed E-state index contributed by atoms with van der Waals surface area (Å²) in [6.45, 7) is 0. The van der Waals surface area contributed by atoms with E-state index in [9.17, 15) is 9.59 Å². The van der Waals surface area contributed by atoms with Gasteiger partial charge in [-0.3, -0.25) is 25.2 Å². The van der Waals surface area contributed by atoms with Crippen molar-refractivity contribution in [3.05, 3.63) is 84.6 Å². The average Bonchev–Trinajstić information content (AvgIpc) is 3.48. The first kappa shape index (κ1) is 19.1. The van der Waals surface area contributed by atoms with Gasteiger partial charge in [0, 0.05) is 30.4 Å². The number of anilines is 2. The van der Waals surface area contributed by atoms with Gasteiger partial charge in [-0.1, -0.05) is 12.1 Å². The number of pyridine rings is 2. The van der Waals surface area contributed by atoms with Gasteiger partial charge in [0.25, 0.3) is 11.8 Å². The SMILES string of the molecule is O=C(Nc1nc2c(C(=O)Nc3ncc[nH]3)cccc2[nH]1)c1cccc(-c2ccncc2)n1. The van der Waals surface area contributed by atoms with E-state index in [1.165, 1.54) is 6.20 Å². The highest BCUT2D eigenvalue weighted by Gasteiger charge is 2.17. The van der Waals surface area contributed by atoms with Crippen LogP contribution in [0.3, 0.4) is 0 Å². The van der Waals surface area contributed by atoms with Gasteiger partial charge in [0.05, 0.1) is 16.8 Å². The Morgan fingerprint density at radius 3 is 2.44 bits per heavy atom. The number of rotatable bonds is 5. The van der Waals surface area contributed by atoms with Crippen LogP contribution in [-0.2, 0) is 0 Å². The Balaban J connectivity index is 1.39. The maximum absolute atomic E-state index is 12.8. The molecule has 0 saturated heterocycles. The number of H-pyrrole nitrogens is 2. The van der Waals surface area contributed by atoms with Crippen molar-refractivity contribution in [2.75, 3.05) is 10.6 Å². The number of hydrogen-bond acceptors (Lipinski definition) is 6. The molecule has 10 heteroatoms. The molecule has 4 heterocycles. The molecule has 0 unspecified atom stereocenters. The number of nitrogens with zero attached hydrogens (tertiary/aromatic N) is 4. The fourth-order valence-electron chi connectivity index (χ4n) is 3.20. The summed E-state index contributed by atoms with van der Waals surface area (Å²) < 4.78 is 0. The summed E-state index contributed by atoms with van der Waals surface area (Å²) in [6, 6.07) is 14.0. The van der Waals surface area contributed by atoms with E-state index in [0.717, 1.165) is 5.56 Å². The summed E-state index contributed by atoms with van der Waals surface area (Å²) in [6.07, 6.45) is 6.47. The van der Waals surface area contributed by atoms with E-state index in [-0.39, 0.29) is 17.5 Å². The van der Waals surface area contributed by atoms with Crippen LogP contribution in [0.15, 0.2) is 73.3 Å². The van der Waals surface area contributed by atoms with E-state index < -0.39 is 5.91 Å². The number of imidazole rings is 2. The highest BCUT2D eigenvalue weighted by atomic mass is 16.2. The van der Waals surface area contributed by atoms with Crippen LogP contribution in [0.4, 0.5) is 11.9 Å². The molecule has 1 aromatic carbocycles. The third kappa shape index (κ3) is 3.79. The van der Waals surface area contributed by atoms with Gasteiger partial charge in [-0.2, -0.15) is 0 Å². The highest BCUT2D eigenvalue weighted by Crippen LogP contribution is 2.21. The molecule has 0 aliphatic carbocycles. The molecule has 32 heavy (non-hydrogen) atoms. The molecule has 2 amide bonds. The van der Waals surface area contributed by atoms with Gasteiger partial charge in [0.15, 0.2) is 0 Å². The number of carbonyl (C=O) groups excluding carboxylic acids is 2. The molecule has 0 saturated carbocycles. The summed E-state index contributed by atoms with van der Waals surface area (Å²) in [5.41, 5.74) is 3.10. The van der Waals surface area contributed by atoms with Crippen molar-refractivity contribution < 1.29 is 9.59 Å². The summed E-state index contributed by atoms with van der Waals surface area (Å²) >= 11 is 0. The Hall–Kier alpha value is -4.86. The smallest absolute Gasteiger partial charge is 0.276 e. The predicted molar refractivity (Wildman–Crippen MR) is 118 cm³/mol. The van der Waals surface area contributed by atoms with Crippen LogP contribution in [0.25, 0.3) is 22.3 Å². The van der Waals surface area contributed by atoms with Crippen molar-refractivity contribution in [2.45, 2.75) is 0 Å². The van der Waals surface area contributed by atoms with Crippen LogP contribution < -0.4 is 10.6 Å². The zero-order chi connectivity index (χ0) is 21.9. The molecule has 0 atom stereocenters. The molecule has 0 spiro atoms. The van der Waals surface area contributed by atoms with Crippen LogP contribution in [0, 0.1) is 0 Å². The molecule has 10 nitrogen and oxygen atoms in total. The van der Waals surface area contributed by atoms with Gasteiger partial charge in [0.1, 0.15) is 11.2 Å². The second-order valence-electron chi connectivity index (χ2n) is 6.78. The van der Waals surface area contributed by atoms with E-state index in [4.69, 9.17) is 0 Å². The minimum atomic E-state index is -0.429. The number of hydrogen-bond donors (Lipinski definition) is 4. The molecular weight excluding hydrogens is 408 g/mol. The number of benzene rings is 1. The summed E-state index contributed by atoms with van der Waals surface area (Å²) in [4.78, 5) is 48.0. The second-order valence-corrected chi connectivity index (χ2v) is 6.78. The zero-order valence-electron chi connectivity index (χ0n) is 16.5. The fourth-order valence-corrected chi connectivity index (χ4v) is 3.20. The minimum Gasteiger partial charge on any atom is -0.331 e. The predicted octanol–water partition coefficient (Wildman–Crippen LogP) is 3.25. The first-order valence-corrected chi connectivity index (χ1v) is 9.65. The van der Waals surface area contributed by atoms with Gasteiger partial charge in [-0.05, 0) is 36.4 Å². The number of fused-ring (bicyclic) bond motifs is 1. The third-order valence-electron chi connectivity index (χ3n) is 4.68. The average molecular weight is 424 g/mol. The number of nitrogens with one attached hydrogen (secondary N) is 4. The lowest BCUT2D eigenvalue weighted by Crippen LogP contribution is -2.15. The van der Waals surface area contributed by atoms with Gasteiger partial charge < -0.3 is 9.97 Å². The topological polar surface area (TPSA) is 141 Å². The monoisotopic (exact) mass is 424 g/mol. The van der Waals surface area contributed by atoms with Crippen LogP contribution >= 0.6 is 0 Å². The van der Waals surface area contributed by atoms with Crippen molar-refractivity contribution in [2.24, 2.45) is 0 Å². The van der Waals surface area contributed by atoms with Gasteiger partial charge >= 0.3 is 0 Å². The van der Waals surface area contributed by atoms with E-state index in [0.29, 0.717) is 28.2 Å². The van der Waals surface area contributed by atoms with Gasteiger partial charge in [-0.15, -0.1) is 0 Å². The standard InChI is InChI=1S/C22H16N8O2/c31-19(29-21-24-11-12-25-21)14-3-1-5-16-18(14)28-22(27-16)30-20(32)17-6-2-4-15(26-17)13-7-9-23-10-8-13/h1-12H,(H2,24,25,29,31)(H2,27,28,30,32). The Labute approximate surface area is 181 Å². The minimum absolute atomic E-state index is 0.208. The lowest BCUT2D eigenvalue weighted by atomic mass is 10.1. The summed E-state index contributed by atoms with van der Waals surface area (Å²) in [5, 5.41) is 5.37. The zero-order valence-corrected chi connectivity index (χ0v) is 16.5. The Kier molecular flexibility index (Phi) is 4.85.